The van der Waals surface area contributed by atoms with E-state index in [1.807, 2.05) is 24.3 Å². The van der Waals surface area contributed by atoms with Gasteiger partial charge < -0.3 is 19.6 Å². The topological polar surface area (TPSA) is 101 Å². The van der Waals surface area contributed by atoms with Crippen molar-refractivity contribution in [1.29, 1.82) is 5.26 Å². The summed E-state index contributed by atoms with van der Waals surface area (Å²) < 4.78 is 5.81. The molecule has 3 aromatic heterocycles. The molecule has 0 saturated carbocycles. The van der Waals surface area contributed by atoms with Crippen LogP contribution in [0.2, 0.25) is 0 Å². The van der Waals surface area contributed by atoms with Gasteiger partial charge >= 0.3 is 0 Å². The largest absolute Gasteiger partial charge is 0.451 e. The van der Waals surface area contributed by atoms with Crippen LogP contribution in [-0.2, 0) is 6.42 Å². The zero-order valence-electron chi connectivity index (χ0n) is 21.7. The molecule has 0 unspecified atom stereocenters. The van der Waals surface area contributed by atoms with E-state index in [0.717, 1.165) is 68.6 Å². The third-order valence-electron chi connectivity index (χ3n) is 7.47. The summed E-state index contributed by atoms with van der Waals surface area (Å²) in [5.41, 5.74) is 5.63. The highest BCUT2D eigenvalue weighted by atomic mass is 16.3. The quantitative estimate of drug-likeness (QED) is 0.260. The van der Waals surface area contributed by atoms with Crippen molar-refractivity contribution in [3.8, 4) is 6.07 Å². The van der Waals surface area contributed by atoms with Gasteiger partial charge in [-0.25, -0.2) is 0 Å². The number of benzene rings is 2. The molecule has 0 aliphatic carbocycles. The average Bonchev–Trinajstić information content (AvgIpc) is 3.59. The number of fused-ring (bicyclic) bond motifs is 2. The number of amides is 1. The molecule has 8 heteroatoms. The minimum Gasteiger partial charge on any atom is -0.451 e. The van der Waals surface area contributed by atoms with Gasteiger partial charge in [0.1, 0.15) is 5.58 Å². The number of piperazine rings is 1. The number of H-pyrrole nitrogens is 1. The molecular weight excluding hydrogens is 488 g/mol. The fourth-order valence-electron chi connectivity index (χ4n) is 5.30. The molecule has 1 aliphatic rings. The maximum absolute atomic E-state index is 12.6. The van der Waals surface area contributed by atoms with E-state index >= 15 is 0 Å². The van der Waals surface area contributed by atoms with Crippen LogP contribution in [0.3, 0.4) is 0 Å². The van der Waals surface area contributed by atoms with E-state index in [4.69, 9.17) is 4.42 Å². The van der Waals surface area contributed by atoms with E-state index in [9.17, 15) is 10.1 Å². The average molecular weight is 519 g/mol. The summed E-state index contributed by atoms with van der Waals surface area (Å²) in [7, 11) is 0. The van der Waals surface area contributed by atoms with Gasteiger partial charge in [-0.1, -0.05) is 0 Å². The van der Waals surface area contributed by atoms with Gasteiger partial charge in [-0.15, -0.1) is 0 Å². The third-order valence-corrected chi connectivity index (χ3v) is 7.47. The molecule has 1 amide bonds. The molecule has 1 saturated heterocycles. The van der Waals surface area contributed by atoms with Crippen LogP contribution in [0.1, 0.15) is 34.5 Å². The van der Waals surface area contributed by atoms with Gasteiger partial charge in [0, 0.05) is 72.4 Å². The van der Waals surface area contributed by atoms with E-state index in [-0.39, 0.29) is 5.91 Å². The number of pyridine rings is 1. The number of aromatic nitrogens is 2. The number of hydrogen-bond acceptors (Lipinski definition) is 6. The van der Waals surface area contributed by atoms with Crippen LogP contribution < -0.4 is 10.2 Å². The second-order valence-electron chi connectivity index (χ2n) is 9.99. The Hall–Kier alpha value is -4.61. The number of nitrogens with one attached hydrogen (secondary N) is 2. The van der Waals surface area contributed by atoms with Crippen molar-refractivity contribution >= 4 is 39.2 Å². The highest BCUT2D eigenvalue weighted by Crippen LogP contribution is 2.27. The summed E-state index contributed by atoms with van der Waals surface area (Å²) in [6, 6.07) is 19.5. The van der Waals surface area contributed by atoms with Crippen LogP contribution >= 0.6 is 0 Å². The first-order valence-electron chi connectivity index (χ1n) is 13.4. The summed E-state index contributed by atoms with van der Waals surface area (Å²) in [5.74, 6) is 0.0195. The predicted molar refractivity (Wildman–Crippen MR) is 153 cm³/mol. The van der Waals surface area contributed by atoms with E-state index in [1.54, 1.807) is 30.6 Å². The van der Waals surface area contributed by atoms with Gasteiger partial charge in [-0.05, 0) is 86.0 Å². The fraction of sp³-hybridized carbons (Fsp3) is 0.258. The smallest absolute Gasteiger partial charge is 0.291 e. The minimum absolute atomic E-state index is 0.274. The van der Waals surface area contributed by atoms with Crippen LogP contribution in [0.15, 0.2) is 77.6 Å². The Kier molecular flexibility index (Phi) is 6.98. The summed E-state index contributed by atoms with van der Waals surface area (Å²) in [6.45, 7) is 5.09. The van der Waals surface area contributed by atoms with Crippen LogP contribution in [0.25, 0.3) is 21.9 Å². The van der Waals surface area contributed by atoms with Gasteiger partial charge in [0.15, 0.2) is 5.76 Å². The van der Waals surface area contributed by atoms with E-state index in [1.165, 1.54) is 10.9 Å². The molecule has 1 fully saturated rings. The molecular formula is C31H30N6O2. The van der Waals surface area contributed by atoms with Crippen LogP contribution in [-0.4, -0.2) is 53.5 Å². The Morgan fingerprint density at radius 1 is 1.03 bits per heavy atom. The van der Waals surface area contributed by atoms with E-state index in [0.29, 0.717) is 22.6 Å². The van der Waals surface area contributed by atoms with E-state index < -0.39 is 0 Å². The lowest BCUT2D eigenvalue weighted by atomic mass is 10.1. The predicted octanol–water partition coefficient (Wildman–Crippen LogP) is 5.58. The number of nitriles is 1. The third kappa shape index (κ3) is 5.49. The molecule has 0 atom stereocenters. The van der Waals surface area contributed by atoms with Crippen molar-refractivity contribution in [2.24, 2.45) is 0 Å². The van der Waals surface area contributed by atoms with Gasteiger partial charge in [0.25, 0.3) is 5.91 Å². The Balaban J connectivity index is 0.993. The van der Waals surface area contributed by atoms with Crippen molar-refractivity contribution in [3.05, 3.63) is 90.1 Å². The van der Waals surface area contributed by atoms with Crippen LogP contribution in [0.5, 0.6) is 0 Å². The molecule has 0 radical (unpaired) electrons. The maximum atomic E-state index is 12.6. The molecule has 6 rings (SSSR count). The highest BCUT2D eigenvalue weighted by molar-refractivity contribution is 6.04. The summed E-state index contributed by atoms with van der Waals surface area (Å²) in [6.07, 6.45) is 8.64. The number of nitrogens with zero attached hydrogens (tertiary/aromatic N) is 4. The molecule has 0 bridgehead atoms. The normalized spacial score (nSPS) is 14.1. The Morgan fingerprint density at radius 3 is 2.69 bits per heavy atom. The van der Waals surface area contributed by atoms with Crippen molar-refractivity contribution in [2.75, 3.05) is 42.9 Å². The zero-order chi connectivity index (χ0) is 26.6. The lowest BCUT2D eigenvalue weighted by Crippen LogP contribution is -2.46. The lowest BCUT2D eigenvalue weighted by molar-refractivity contribution is 0.0998. The van der Waals surface area contributed by atoms with Crippen molar-refractivity contribution < 1.29 is 9.21 Å². The summed E-state index contributed by atoms with van der Waals surface area (Å²) >= 11 is 0. The van der Waals surface area contributed by atoms with Crippen molar-refractivity contribution in [3.63, 3.8) is 0 Å². The molecule has 2 aromatic carbocycles. The molecule has 0 spiro atoms. The number of rotatable bonds is 8. The second-order valence-corrected chi connectivity index (χ2v) is 9.99. The molecule has 5 aromatic rings. The number of hydrogen-bond donors (Lipinski definition) is 2. The Morgan fingerprint density at radius 2 is 1.87 bits per heavy atom. The number of aryl methyl sites for hydroxylation is 1. The molecule has 4 heterocycles. The number of anilines is 2. The van der Waals surface area contributed by atoms with Gasteiger partial charge in [0.05, 0.1) is 11.6 Å². The maximum Gasteiger partial charge on any atom is 0.291 e. The fourth-order valence-corrected chi connectivity index (χ4v) is 5.30. The van der Waals surface area contributed by atoms with Gasteiger partial charge in [0.2, 0.25) is 0 Å². The molecule has 1 aliphatic heterocycles. The second kappa shape index (κ2) is 11.0. The van der Waals surface area contributed by atoms with Gasteiger partial charge in [-0.3, -0.25) is 14.7 Å². The molecule has 8 nitrogen and oxygen atoms in total. The minimum atomic E-state index is -0.274. The first-order chi connectivity index (χ1) is 19.2. The molecule has 196 valence electrons. The number of carbonyl (C=O) groups is 1. The zero-order valence-corrected chi connectivity index (χ0v) is 21.7. The Labute approximate surface area is 226 Å². The van der Waals surface area contributed by atoms with Crippen molar-refractivity contribution in [1.82, 2.24) is 14.9 Å². The first-order valence-corrected chi connectivity index (χ1v) is 13.4. The number of furan rings is 1. The van der Waals surface area contributed by atoms with Crippen molar-refractivity contribution in [2.45, 2.75) is 19.3 Å². The lowest BCUT2D eigenvalue weighted by Gasteiger charge is -2.36. The monoisotopic (exact) mass is 518 g/mol. The first kappa shape index (κ1) is 24.7. The van der Waals surface area contributed by atoms with Crippen LogP contribution in [0.4, 0.5) is 11.4 Å². The Bertz CT molecular complexity index is 1640. The standard InChI is InChI=1S/C31H30N6O2/c32-20-22-4-6-28-27(17-22)23(21-34-28)3-1-2-12-36-13-15-37(16-14-36)26-5-7-29-24(18-26)19-30(39-29)31(38)35-25-8-10-33-11-9-25/h4-11,17-19,21,34H,1-3,12-16H2,(H,33,35,38). The SMILES string of the molecule is N#Cc1ccc2[nH]cc(CCCCN3CCN(c4ccc5oc(C(=O)Nc6ccncc6)cc5c4)CC3)c2c1. The number of carbonyl (C=O) groups excluding carboxylic acids is 1. The number of aromatic amines is 1. The van der Waals surface area contributed by atoms with Crippen LogP contribution in [0, 0.1) is 11.3 Å². The number of unbranched alkanes of at least 4 members (excludes halogenated alkanes) is 1. The molecule has 2 N–H and O–H groups in total. The summed E-state index contributed by atoms with van der Waals surface area (Å²) in [4.78, 5) is 24.8. The summed E-state index contributed by atoms with van der Waals surface area (Å²) in [5, 5.41) is 14.1. The van der Waals surface area contributed by atoms with Gasteiger partial charge in [-0.2, -0.15) is 5.26 Å². The highest BCUT2D eigenvalue weighted by Gasteiger charge is 2.19. The van der Waals surface area contributed by atoms with E-state index in [2.05, 4.69) is 49.5 Å². The molecule has 39 heavy (non-hydrogen) atoms.